The molecule has 1 fully saturated rings. The zero-order chi connectivity index (χ0) is 10.6. The van der Waals surface area contributed by atoms with Gasteiger partial charge in [0.25, 0.3) is 0 Å². The molecule has 1 aliphatic carbocycles. The van der Waals surface area contributed by atoms with E-state index in [1.165, 1.54) is 0 Å². The maximum Gasteiger partial charge on any atom is 0.239 e. The molecule has 2 N–H and O–H groups in total. The Balaban J connectivity index is 2.19. The van der Waals surface area contributed by atoms with Gasteiger partial charge >= 0.3 is 0 Å². The molecule has 0 bridgehead atoms. The zero-order valence-corrected chi connectivity index (χ0v) is 9.19. The van der Waals surface area contributed by atoms with Crippen LogP contribution >= 0.6 is 12.6 Å². The van der Waals surface area contributed by atoms with E-state index in [1.807, 2.05) is 0 Å². The van der Waals surface area contributed by atoms with Gasteiger partial charge in [-0.1, -0.05) is 0 Å². The van der Waals surface area contributed by atoms with E-state index in [-0.39, 0.29) is 23.8 Å². The van der Waals surface area contributed by atoms with Crippen LogP contribution in [0.2, 0.25) is 0 Å². The predicted molar refractivity (Wildman–Crippen MR) is 57.2 cm³/mol. The Bertz CT molecular complexity index is 239. The standard InChI is InChI=1S/C9H16N2O2S/c1-10-8(13)5-11-7(12)4-9(6-14)2-3-9/h14H,2-6H2,1H3,(H,10,13)(H,11,12). The molecule has 4 nitrogen and oxygen atoms in total. The Labute approximate surface area is 89.2 Å². The summed E-state index contributed by atoms with van der Waals surface area (Å²) in [6.45, 7) is 0.0674. The van der Waals surface area contributed by atoms with Gasteiger partial charge in [0.1, 0.15) is 0 Å². The van der Waals surface area contributed by atoms with Crippen molar-refractivity contribution in [2.24, 2.45) is 5.41 Å². The topological polar surface area (TPSA) is 58.2 Å². The van der Waals surface area contributed by atoms with Gasteiger partial charge in [-0.15, -0.1) is 0 Å². The van der Waals surface area contributed by atoms with Gasteiger partial charge in [-0.25, -0.2) is 0 Å². The number of hydrogen-bond acceptors (Lipinski definition) is 3. The number of rotatable bonds is 5. The van der Waals surface area contributed by atoms with Gasteiger partial charge in [-0.3, -0.25) is 9.59 Å². The second-order valence-electron chi connectivity index (χ2n) is 3.78. The Morgan fingerprint density at radius 3 is 2.43 bits per heavy atom. The summed E-state index contributed by atoms with van der Waals surface area (Å²) in [6, 6.07) is 0. The van der Waals surface area contributed by atoms with E-state index in [0.717, 1.165) is 18.6 Å². The molecule has 0 radical (unpaired) electrons. The van der Waals surface area contributed by atoms with Crippen LogP contribution < -0.4 is 10.6 Å². The highest BCUT2D eigenvalue weighted by Gasteiger charge is 2.42. The monoisotopic (exact) mass is 216 g/mol. The molecule has 1 saturated carbocycles. The Morgan fingerprint density at radius 2 is 2.00 bits per heavy atom. The molecule has 0 aliphatic heterocycles. The van der Waals surface area contributed by atoms with E-state index in [0.29, 0.717) is 6.42 Å². The van der Waals surface area contributed by atoms with E-state index >= 15 is 0 Å². The molecule has 0 atom stereocenters. The summed E-state index contributed by atoms with van der Waals surface area (Å²) in [6.07, 6.45) is 2.64. The number of amides is 2. The number of carbonyl (C=O) groups is 2. The van der Waals surface area contributed by atoms with Crippen LogP contribution in [-0.4, -0.2) is 31.2 Å². The Hall–Kier alpha value is -0.710. The van der Waals surface area contributed by atoms with Crippen molar-refractivity contribution in [1.82, 2.24) is 10.6 Å². The van der Waals surface area contributed by atoms with Gasteiger partial charge in [-0.2, -0.15) is 12.6 Å². The fraction of sp³-hybridized carbons (Fsp3) is 0.778. The summed E-state index contributed by atoms with van der Waals surface area (Å²) in [4.78, 5) is 22.2. The van der Waals surface area contributed by atoms with Gasteiger partial charge < -0.3 is 10.6 Å². The van der Waals surface area contributed by atoms with Crippen LogP contribution in [0.3, 0.4) is 0 Å². The quantitative estimate of drug-likeness (QED) is 0.564. The van der Waals surface area contributed by atoms with E-state index in [2.05, 4.69) is 23.3 Å². The highest BCUT2D eigenvalue weighted by atomic mass is 32.1. The lowest BCUT2D eigenvalue weighted by atomic mass is 10.1. The van der Waals surface area contributed by atoms with Crippen molar-refractivity contribution < 1.29 is 9.59 Å². The zero-order valence-electron chi connectivity index (χ0n) is 8.30. The molecule has 2 amide bonds. The minimum atomic E-state index is -0.172. The van der Waals surface area contributed by atoms with Crippen LogP contribution in [0, 0.1) is 5.41 Å². The Kier molecular flexibility index (Phi) is 3.80. The molecule has 0 heterocycles. The summed E-state index contributed by atoms with van der Waals surface area (Å²) in [5.41, 5.74) is 0.121. The summed E-state index contributed by atoms with van der Waals surface area (Å²) in [5, 5.41) is 5.02. The van der Waals surface area contributed by atoms with Crippen molar-refractivity contribution in [1.29, 1.82) is 0 Å². The minimum Gasteiger partial charge on any atom is -0.358 e. The van der Waals surface area contributed by atoms with Gasteiger partial charge in [0.2, 0.25) is 11.8 Å². The normalized spacial score (nSPS) is 17.3. The van der Waals surface area contributed by atoms with E-state index in [1.54, 1.807) is 7.05 Å². The van der Waals surface area contributed by atoms with E-state index < -0.39 is 0 Å². The smallest absolute Gasteiger partial charge is 0.239 e. The predicted octanol–water partition coefficient (Wildman–Crippen LogP) is -0.0513. The second-order valence-corrected chi connectivity index (χ2v) is 4.10. The first kappa shape index (κ1) is 11.4. The lowest BCUT2D eigenvalue weighted by Crippen LogP contribution is -2.36. The highest BCUT2D eigenvalue weighted by molar-refractivity contribution is 7.80. The third-order valence-corrected chi connectivity index (χ3v) is 3.22. The lowest BCUT2D eigenvalue weighted by molar-refractivity contribution is -0.126. The van der Waals surface area contributed by atoms with Crippen LogP contribution in [0.15, 0.2) is 0 Å². The molecule has 1 aliphatic rings. The first-order chi connectivity index (χ1) is 6.62. The summed E-state index contributed by atoms with van der Waals surface area (Å²) in [7, 11) is 1.55. The van der Waals surface area contributed by atoms with Crippen LogP contribution in [0.5, 0.6) is 0 Å². The van der Waals surface area contributed by atoms with E-state index in [9.17, 15) is 9.59 Å². The first-order valence-electron chi connectivity index (χ1n) is 4.70. The highest BCUT2D eigenvalue weighted by Crippen LogP contribution is 2.49. The van der Waals surface area contributed by atoms with Crippen LogP contribution in [-0.2, 0) is 9.59 Å². The molecule has 0 aromatic carbocycles. The average molecular weight is 216 g/mol. The maximum atomic E-state index is 11.4. The molecular weight excluding hydrogens is 200 g/mol. The van der Waals surface area contributed by atoms with Crippen molar-refractivity contribution in [3.63, 3.8) is 0 Å². The minimum absolute atomic E-state index is 0.0554. The Morgan fingerprint density at radius 1 is 1.36 bits per heavy atom. The second kappa shape index (κ2) is 4.68. The summed E-state index contributed by atoms with van der Waals surface area (Å²) < 4.78 is 0. The number of hydrogen-bond donors (Lipinski definition) is 3. The van der Waals surface area contributed by atoms with Crippen molar-refractivity contribution in [3.05, 3.63) is 0 Å². The largest absolute Gasteiger partial charge is 0.358 e. The third kappa shape index (κ3) is 3.21. The van der Waals surface area contributed by atoms with Gasteiger partial charge in [0, 0.05) is 13.5 Å². The molecule has 0 aromatic heterocycles. The van der Waals surface area contributed by atoms with Crippen LogP contribution in [0.25, 0.3) is 0 Å². The number of thiol groups is 1. The van der Waals surface area contributed by atoms with Crippen molar-refractivity contribution in [2.75, 3.05) is 19.3 Å². The third-order valence-electron chi connectivity index (χ3n) is 2.55. The lowest BCUT2D eigenvalue weighted by Gasteiger charge is -2.10. The number of likely N-dealkylation sites (N-methyl/N-ethyl adjacent to an activating group) is 1. The van der Waals surface area contributed by atoms with Gasteiger partial charge in [0.15, 0.2) is 0 Å². The van der Waals surface area contributed by atoms with Crippen LogP contribution in [0.4, 0.5) is 0 Å². The number of carbonyl (C=O) groups excluding carboxylic acids is 2. The maximum absolute atomic E-state index is 11.4. The summed E-state index contributed by atoms with van der Waals surface area (Å²) >= 11 is 4.21. The number of nitrogens with one attached hydrogen (secondary N) is 2. The molecule has 0 unspecified atom stereocenters. The summed E-state index contributed by atoms with van der Waals surface area (Å²) in [5.74, 6) is 0.523. The molecule has 1 rings (SSSR count). The molecule has 0 spiro atoms. The van der Waals surface area contributed by atoms with Gasteiger partial charge in [0.05, 0.1) is 6.54 Å². The SMILES string of the molecule is CNC(=O)CNC(=O)CC1(CS)CC1. The fourth-order valence-corrected chi connectivity index (χ4v) is 1.67. The molecule has 14 heavy (non-hydrogen) atoms. The van der Waals surface area contributed by atoms with Crippen molar-refractivity contribution >= 4 is 24.4 Å². The fourth-order valence-electron chi connectivity index (χ4n) is 1.24. The van der Waals surface area contributed by atoms with Crippen molar-refractivity contribution in [2.45, 2.75) is 19.3 Å². The molecule has 0 aromatic rings. The average Bonchev–Trinajstić information content (AvgIpc) is 2.95. The molecule has 80 valence electrons. The van der Waals surface area contributed by atoms with E-state index in [4.69, 9.17) is 0 Å². The van der Waals surface area contributed by atoms with Crippen LogP contribution in [0.1, 0.15) is 19.3 Å². The molecule has 5 heteroatoms. The molecule has 0 saturated heterocycles. The molecular formula is C9H16N2O2S. The van der Waals surface area contributed by atoms with Gasteiger partial charge in [-0.05, 0) is 24.0 Å². The van der Waals surface area contributed by atoms with Crippen molar-refractivity contribution in [3.8, 4) is 0 Å². The first-order valence-corrected chi connectivity index (χ1v) is 5.33.